The van der Waals surface area contributed by atoms with Crippen molar-refractivity contribution in [1.82, 2.24) is 19.6 Å². The van der Waals surface area contributed by atoms with Crippen molar-refractivity contribution in [2.45, 2.75) is 26.9 Å². The van der Waals surface area contributed by atoms with Crippen LogP contribution in [0.15, 0.2) is 18.3 Å². The van der Waals surface area contributed by atoms with Gasteiger partial charge < -0.3 is 5.32 Å². The third-order valence-corrected chi connectivity index (χ3v) is 2.56. The zero-order chi connectivity index (χ0) is 11.5. The van der Waals surface area contributed by atoms with Crippen LogP contribution < -0.4 is 5.32 Å². The predicted octanol–water partition coefficient (Wildman–Crippen LogP) is 1.98. The Hall–Kier alpha value is -1.49. The quantitative estimate of drug-likeness (QED) is 0.909. The molecule has 1 N–H and O–H groups in total. The van der Waals surface area contributed by atoms with E-state index in [-0.39, 0.29) is 12.4 Å². The number of aryl methyl sites for hydroxylation is 3. The van der Waals surface area contributed by atoms with Crippen LogP contribution in [0.4, 0.5) is 5.82 Å². The standard InChI is InChI=1S/C11H17N5.ClH/c1-4-16-10(5-6-13-16)8-12-11-7-9(2)14-15(11)3;/h5-7,12H,4,8H2,1-3H3;1H. The van der Waals surface area contributed by atoms with Gasteiger partial charge in [-0.15, -0.1) is 12.4 Å². The molecule has 0 fully saturated rings. The van der Waals surface area contributed by atoms with Crippen LogP contribution in [0, 0.1) is 6.92 Å². The first-order chi connectivity index (χ1) is 7.70. The number of hydrogen-bond acceptors (Lipinski definition) is 3. The molecule has 0 spiro atoms. The summed E-state index contributed by atoms with van der Waals surface area (Å²) >= 11 is 0. The maximum atomic E-state index is 4.29. The van der Waals surface area contributed by atoms with Gasteiger partial charge in [-0.1, -0.05) is 0 Å². The molecule has 0 aliphatic rings. The average Bonchev–Trinajstić information content (AvgIpc) is 2.81. The molecule has 0 aliphatic heterocycles. The lowest BCUT2D eigenvalue weighted by atomic mass is 10.4. The van der Waals surface area contributed by atoms with Crippen molar-refractivity contribution in [3.05, 3.63) is 29.7 Å². The molecule has 0 atom stereocenters. The van der Waals surface area contributed by atoms with Crippen LogP contribution in [-0.4, -0.2) is 19.6 Å². The van der Waals surface area contributed by atoms with E-state index in [0.717, 1.165) is 24.6 Å². The van der Waals surface area contributed by atoms with Crippen molar-refractivity contribution in [2.75, 3.05) is 5.32 Å². The summed E-state index contributed by atoms with van der Waals surface area (Å²) in [6.07, 6.45) is 1.83. The summed E-state index contributed by atoms with van der Waals surface area (Å²) in [5, 5.41) is 11.9. The van der Waals surface area contributed by atoms with E-state index in [1.54, 1.807) is 0 Å². The van der Waals surface area contributed by atoms with Gasteiger partial charge in [-0.25, -0.2) is 0 Å². The molecule has 0 unspecified atom stereocenters. The molecule has 6 heteroatoms. The number of hydrogen-bond donors (Lipinski definition) is 1. The molecule has 0 aliphatic carbocycles. The second-order valence-corrected chi connectivity index (χ2v) is 3.79. The molecule has 5 nitrogen and oxygen atoms in total. The van der Waals surface area contributed by atoms with E-state index in [1.807, 2.05) is 41.7 Å². The monoisotopic (exact) mass is 255 g/mol. The Labute approximate surface area is 107 Å². The van der Waals surface area contributed by atoms with Crippen LogP contribution >= 0.6 is 12.4 Å². The predicted molar refractivity (Wildman–Crippen MR) is 70.4 cm³/mol. The van der Waals surface area contributed by atoms with E-state index in [9.17, 15) is 0 Å². The molecule has 0 aromatic carbocycles. The number of nitrogens with zero attached hydrogens (tertiary/aromatic N) is 4. The Bertz CT molecular complexity index is 474. The van der Waals surface area contributed by atoms with Gasteiger partial charge in [0.1, 0.15) is 5.82 Å². The van der Waals surface area contributed by atoms with Crippen LogP contribution in [0.1, 0.15) is 18.3 Å². The van der Waals surface area contributed by atoms with E-state index in [0.29, 0.717) is 0 Å². The number of anilines is 1. The molecule has 0 saturated carbocycles. The van der Waals surface area contributed by atoms with Gasteiger partial charge in [0.2, 0.25) is 0 Å². The second-order valence-electron chi connectivity index (χ2n) is 3.79. The van der Waals surface area contributed by atoms with Crippen molar-refractivity contribution < 1.29 is 0 Å². The lowest BCUT2D eigenvalue weighted by Crippen LogP contribution is -2.09. The van der Waals surface area contributed by atoms with Gasteiger partial charge in [0.25, 0.3) is 0 Å². The minimum Gasteiger partial charge on any atom is -0.365 e. The van der Waals surface area contributed by atoms with Gasteiger partial charge in [0, 0.05) is 25.9 Å². The Morgan fingerprint density at radius 3 is 2.76 bits per heavy atom. The van der Waals surface area contributed by atoms with Crippen molar-refractivity contribution in [1.29, 1.82) is 0 Å². The third kappa shape index (κ3) is 3.00. The van der Waals surface area contributed by atoms with Gasteiger partial charge in [-0.05, 0) is 19.9 Å². The Balaban J connectivity index is 0.00000144. The largest absolute Gasteiger partial charge is 0.365 e. The number of halogens is 1. The zero-order valence-corrected chi connectivity index (χ0v) is 11.2. The van der Waals surface area contributed by atoms with Gasteiger partial charge in [0.15, 0.2) is 0 Å². The van der Waals surface area contributed by atoms with E-state index >= 15 is 0 Å². The van der Waals surface area contributed by atoms with Crippen molar-refractivity contribution >= 4 is 18.2 Å². The van der Waals surface area contributed by atoms with Crippen LogP contribution in [0.3, 0.4) is 0 Å². The highest BCUT2D eigenvalue weighted by molar-refractivity contribution is 5.85. The number of rotatable bonds is 4. The van der Waals surface area contributed by atoms with Crippen LogP contribution in [0.2, 0.25) is 0 Å². The van der Waals surface area contributed by atoms with Crippen LogP contribution in [-0.2, 0) is 20.1 Å². The Morgan fingerprint density at radius 2 is 2.18 bits per heavy atom. The summed E-state index contributed by atoms with van der Waals surface area (Å²) in [5.74, 6) is 1.03. The van der Waals surface area contributed by atoms with E-state index < -0.39 is 0 Å². The average molecular weight is 256 g/mol. The molecule has 0 saturated heterocycles. The Kier molecular flexibility index (Phi) is 4.57. The summed E-state index contributed by atoms with van der Waals surface area (Å²) < 4.78 is 3.83. The summed E-state index contributed by atoms with van der Waals surface area (Å²) in [5.41, 5.74) is 2.20. The van der Waals surface area contributed by atoms with Gasteiger partial charge >= 0.3 is 0 Å². The Morgan fingerprint density at radius 1 is 1.41 bits per heavy atom. The summed E-state index contributed by atoms with van der Waals surface area (Å²) in [7, 11) is 1.94. The first-order valence-electron chi connectivity index (χ1n) is 5.46. The fraction of sp³-hybridized carbons (Fsp3) is 0.455. The van der Waals surface area contributed by atoms with Gasteiger partial charge in [-0.2, -0.15) is 10.2 Å². The zero-order valence-electron chi connectivity index (χ0n) is 10.3. The molecule has 2 rings (SSSR count). The highest BCUT2D eigenvalue weighted by atomic mass is 35.5. The maximum Gasteiger partial charge on any atom is 0.124 e. The van der Waals surface area contributed by atoms with Gasteiger partial charge in [0.05, 0.1) is 17.9 Å². The maximum absolute atomic E-state index is 4.29. The lowest BCUT2D eigenvalue weighted by molar-refractivity contribution is 0.626. The van der Waals surface area contributed by atoms with Crippen molar-refractivity contribution in [3.8, 4) is 0 Å². The molecule has 17 heavy (non-hydrogen) atoms. The molecule has 0 bridgehead atoms. The summed E-state index contributed by atoms with van der Waals surface area (Å²) in [6.45, 7) is 5.74. The molecule has 0 amide bonds. The van der Waals surface area contributed by atoms with E-state index in [1.165, 1.54) is 5.69 Å². The molecule has 0 radical (unpaired) electrons. The fourth-order valence-corrected chi connectivity index (χ4v) is 1.75. The number of nitrogens with one attached hydrogen (secondary N) is 1. The molecule has 2 heterocycles. The van der Waals surface area contributed by atoms with E-state index in [4.69, 9.17) is 0 Å². The topological polar surface area (TPSA) is 47.7 Å². The fourth-order valence-electron chi connectivity index (χ4n) is 1.75. The normalized spacial score (nSPS) is 10.1. The summed E-state index contributed by atoms with van der Waals surface area (Å²) in [4.78, 5) is 0. The highest BCUT2D eigenvalue weighted by Gasteiger charge is 2.03. The first-order valence-corrected chi connectivity index (χ1v) is 5.46. The minimum atomic E-state index is 0. The third-order valence-electron chi connectivity index (χ3n) is 2.56. The van der Waals surface area contributed by atoms with Crippen molar-refractivity contribution in [2.24, 2.45) is 7.05 Å². The van der Waals surface area contributed by atoms with Crippen LogP contribution in [0.5, 0.6) is 0 Å². The summed E-state index contributed by atoms with van der Waals surface area (Å²) in [6, 6.07) is 4.06. The highest BCUT2D eigenvalue weighted by Crippen LogP contribution is 2.10. The SMILES string of the molecule is CCn1nccc1CNc1cc(C)nn1C.Cl. The molecular formula is C11H18ClN5. The second kappa shape index (κ2) is 5.72. The molecular weight excluding hydrogens is 238 g/mol. The van der Waals surface area contributed by atoms with Crippen LogP contribution in [0.25, 0.3) is 0 Å². The minimum absolute atomic E-state index is 0. The lowest BCUT2D eigenvalue weighted by Gasteiger charge is -2.07. The van der Waals surface area contributed by atoms with Gasteiger partial charge in [-0.3, -0.25) is 9.36 Å². The molecule has 94 valence electrons. The van der Waals surface area contributed by atoms with Crippen molar-refractivity contribution in [3.63, 3.8) is 0 Å². The first kappa shape index (κ1) is 13.6. The number of aromatic nitrogens is 4. The smallest absolute Gasteiger partial charge is 0.124 e. The molecule has 2 aromatic heterocycles. The molecule has 2 aromatic rings. The van der Waals surface area contributed by atoms with E-state index in [2.05, 4.69) is 22.4 Å².